The number of aryl methyl sites for hydroxylation is 1. The van der Waals surface area contributed by atoms with E-state index in [9.17, 15) is 9.59 Å². The van der Waals surface area contributed by atoms with E-state index in [1.165, 1.54) is 10.4 Å². The number of hydrogen-bond donors (Lipinski definition) is 0. The van der Waals surface area contributed by atoms with E-state index in [0.717, 1.165) is 24.0 Å². The summed E-state index contributed by atoms with van der Waals surface area (Å²) in [7, 11) is 0. The average molecular weight is 473 g/mol. The summed E-state index contributed by atoms with van der Waals surface area (Å²) < 4.78 is 1.42. The second-order valence-corrected chi connectivity index (χ2v) is 8.82. The van der Waals surface area contributed by atoms with E-state index in [0.29, 0.717) is 29.2 Å². The smallest absolute Gasteiger partial charge is 0.274 e. The van der Waals surface area contributed by atoms with Crippen LogP contribution in [0.1, 0.15) is 6.42 Å². The number of para-hydroxylation sites is 1. The highest BCUT2D eigenvalue weighted by molar-refractivity contribution is 6.30. The van der Waals surface area contributed by atoms with Gasteiger partial charge in [-0.05, 0) is 30.3 Å². The second kappa shape index (κ2) is 9.69. The van der Waals surface area contributed by atoms with Gasteiger partial charge in [0.05, 0.1) is 17.6 Å². The molecule has 1 amide bonds. The lowest BCUT2D eigenvalue weighted by molar-refractivity contribution is -0.131. The molecule has 0 bridgehead atoms. The number of halogens is 1. The van der Waals surface area contributed by atoms with Crippen LogP contribution in [0.15, 0.2) is 83.7 Å². The van der Waals surface area contributed by atoms with Gasteiger partial charge < -0.3 is 9.80 Å². The Kier molecular flexibility index (Phi) is 6.32. The van der Waals surface area contributed by atoms with Crippen molar-refractivity contribution >= 4 is 34.0 Å². The molecule has 0 N–H and O–H groups in total. The molecule has 1 aliphatic heterocycles. The maximum Gasteiger partial charge on any atom is 0.274 e. The minimum absolute atomic E-state index is 0.0441. The molecular weight excluding hydrogens is 448 g/mol. The van der Waals surface area contributed by atoms with Gasteiger partial charge in [-0.2, -0.15) is 5.10 Å². The molecule has 0 saturated carbocycles. The largest absolute Gasteiger partial charge is 0.368 e. The Hall–Kier alpha value is -3.64. The number of hydrogen-bond acceptors (Lipinski definition) is 4. The van der Waals surface area contributed by atoms with E-state index in [-0.39, 0.29) is 24.4 Å². The Morgan fingerprint density at radius 3 is 2.18 bits per heavy atom. The Labute approximate surface area is 203 Å². The van der Waals surface area contributed by atoms with Crippen molar-refractivity contribution in [3.63, 3.8) is 0 Å². The third kappa shape index (κ3) is 4.54. The van der Waals surface area contributed by atoms with Crippen LogP contribution < -0.4 is 10.5 Å². The quantitative estimate of drug-likeness (QED) is 0.430. The lowest BCUT2D eigenvalue weighted by Crippen LogP contribution is -2.49. The minimum atomic E-state index is -0.185. The molecule has 172 valence electrons. The number of nitrogens with zero attached hydrogens (tertiary/aromatic N) is 4. The Balaban J connectivity index is 1.32. The van der Waals surface area contributed by atoms with Gasteiger partial charge in [0.15, 0.2) is 0 Å². The highest BCUT2D eigenvalue weighted by Gasteiger charge is 2.21. The molecule has 6 nitrogen and oxygen atoms in total. The molecule has 0 aliphatic carbocycles. The van der Waals surface area contributed by atoms with Crippen LogP contribution in [0.25, 0.3) is 22.0 Å². The molecule has 1 saturated heterocycles. The molecule has 1 aromatic heterocycles. The minimum Gasteiger partial charge on any atom is -0.368 e. The van der Waals surface area contributed by atoms with Gasteiger partial charge in [0.25, 0.3) is 5.56 Å². The van der Waals surface area contributed by atoms with Gasteiger partial charge in [-0.25, -0.2) is 4.68 Å². The van der Waals surface area contributed by atoms with Crippen molar-refractivity contribution in [1.29, 1.82) is 0 Å². The first-order chi connectivity index (χ1) is 16.6. The van der Waals surface area contributed by atoms with Crippen molar-refractivity contribution in [1.82, 2.24) is 14.7 Å². The van der Waals surface area contributed by atoms with Crippen molar-refractivity contribution in [3.8, 4) is 11.3 Å². The first-order valence-electron chi connectivity index (χ1n) is 11.4. The highest BCUT2D eigenvalue weighted by atomic mass is 35.5. The van der Waals surface area contributed by atoms with Crippen LogP contribution >= 0.6 is 11.6 Å². The monoisotopic (exact) mass is 472 g/mol. The SMILES string of the molecule is O=C(CCn1nc(-c2ccc(Cl)cc2)c2ccccc2c1=O)N1CCN(c2ccccc2)CC1. The van der Waals surface area contributed by atoms with Gasteiger partial charge in [0, 0.05) is 54.3 Å². The average Bonchev–Trinajstić information content (AvgIpc) is 2.89. The first-order valence-corrected chi connectivity index (χ1v) is 11.8. The normalized spacial score (nSPS) is 13.9. The van der Waals surface area contributed by atoms with Crippen molar-refractivity contribution in [3.05, 3.63) is 94.2 Å². The van der Waals surface area contributed by atoms with Crippen LogP contribution in [0.2, 0.25) is 5.02 Å². The first kappa shape index (κ1) is 22.2. The maximum absolute atomic E-state index is 13.1. The number of piperazine rings is 1. The van der Waals surface area contributed by atoms with Gasteiger partial charge in [-0.3, -0.25) is 9.59 Å². The molecule has 0 atom stereocenters. The van der Waals surface area contributed by atoms with Crippen molar-refractivity contribution in [2.24, 2.45) is 0 Å². The molecule has 0 spiro atoms. The highest BCUT2D eigenvalue weighted by Crippen LogP contribution is 2.26. The molecule has 2 heterocycles. The number of anilines is 1. The van der Waals surface area contributed by atoms with Crippen LogP contribution in [0.4, 0.5) is 5.69 Å². The molecule has 5 rings (SSSR count). The fraction of sp³-hybridized carbons (Fsp3) is 0.222. The Morgan fingerprint density at radius 1 is 0.824 bits per heavy atom. The van der Waals surface area contributed by atoms with E-state index >= 15 is 0 Å². The van der Waals surface area contributed by atoms with Crippen molar-refractivity contribution in [2.45, 2.75) is 13.0 Å². The molecule has 1 aliphatic rings. The summed E-state index contributed by atoms with van der Waals surface area (Å²) in [5.41, 5.74) is 2.57. The fourth-order valence-electron chi connectivity index (χ4n) is 4.42. The number of aromatic nitrogens is 2. The van der Waals surface area contributed by atoms with Crippen LogP contribution in [0, 0.1) is 0 Å². The number of carbonyl (C=O) groups is 1. The summed E-state index contributed by atoms with van der Waals surface area (Å²) in [6.45, 7) is 3.17. The predicted octanol–water partition coefficient (Wildman–Crippen LogP) is 4.46. The number of rotatable bonds is 5. The molecule has 0 unspecified atom stereocenters. The number of fused-ring (bicyclic) bond motifs is 1. The molecule has 4 aromatic rings. The van der Waals surface area contributed by atoms with Crippen molar-refractivity contribution in [2.75, 3.05) is 31.1 Å². The molecule has 3 aromatic carbocycles. The summed E-state index contributed by atoms with van der Waals surface area (Å²) in [6, 6.07) is 25.1. The lowest BCUT2D eigenvalue weighted by Gasteiger charge is -2.36. The number of carbonyl (C=O) groups excluding carboxylic acids is 1. The second-order valence-electron chi connectivity index (χ2n) is 8.38. The van der Waals surface area contributed by atoms with E-state index in [1.807, 2.05) is 53.4 Å². The fourth-order valence-corrected chi connectivity index (χ4v) is 4.55. The number of benzene rings is 3. The zero-order valence-corrected chi connectivity index (χ0v) is 19.5. The molecule has 0 radical (unpaired) electrons. The number of amides is 1. The topological polar surface area (TPSA) is 58.4 Å². The lowest BCUT2D eigenvalue weighted by atomic mass is 10.1. The zero-order valence-electron chi connectivity index (χ0n) is 18.7. The van der Waals surface area contributed by atoms with Gasteiger partial charge in [0.2, 0.25) is 5.91 Å². The Bertz CT molecular complexity index is 1360. The molecular formula is C27H25ClN4O2. The van der Waals surface area contributed by atoms with E-state index in [2.05, 4.69) is 22.1 Å². The predicted molar refractivity (Wildman–Crippen MR) is 136 cm³/mol. The van der Waals surface area contributed by atoms with Gasteiger partial charge in [-0.1, -0.05) is 60.1 Å². The molecule has 34 heavy (non-hydrogen) atoms. The molecule has 1 fully saturated rings. The van der Waals surface area contributed by atoms with Gasteiger partial charge >= 0.3 is 0 Å². The standard InChI is InChI=1S/C27H25ClN4O2/c28-21-12-10-20(11-13-21)26-23-8-4-5-9-24(23)27(34)32(29-26)15-14-25(33)31-18-16-30(17-19-31)22-6-2-1-3-7-22/h1-13H,14-19H2. The summed E-state index contributed by atoms with van der Waals surface area (Å²) in [5.74, 6) is 0.0441. The molecule has 7 heteroatoms. The van der Waals surface area contributed by atoms with Gasteiger partial charge in [-0.15, -0.1) is 0 Å². The summed E-state index contributed by atoms with van der Waals surface area (Å²) in [4.78, 5) is 30.2. The summed E-state index contributed by atoms with van der Waals surface area (Å²) in [5, 5.41) is 6.67. The van der Waals surface area contributed by atoms with Crippen LogP contribution in [0.5, 0.6) is 0 Å². The summed E-state index contributed by atoms with van der Waals surface area (Å²) >= 11 is 6.06. The van der Waals surface area contributed by atoms with Crippen molar-refractivity contribution < 1.29 is 4.79 Å². The zero-order chi connectivity index (χ0) is 23.5. The van der Waals surface area contributed by atoms with Crippen LogP contribution in [-0.4, -0.2) is 46.8 Å². The maximum atomic E-state index is 13.1. The van der Waals surface area contributed by atoms with Gasteiger partial charge in [0.1, 0.15) is 0 Å². The third-order valence-corrected chi connectivity index (χ3v) is 6.53. The van der Waals surface area contributed by atoms with Crippen LogP contribution in [0.3, 0.4) is 0 Å². The van der Waals surface area contributed by atoms with E-state index in [4.69, 9.17) is 11.6 Å². The van der Waals surface area contributed by atoms with Crippen LogP contribution in [-0.2, 0) is 11.3 Å². The van der Waals surface area contributed by atoms with E-state index in [1.54, 1.807) is 18.2 Å². The third-order valence-electron chi connectivity index (χ3n) is 6.28. The summed E-state index contributed by atoms with van der Waals surface area (Å²) in [6.07, 6.45) is 0.233. The van der Waals surface area contributed by atoms with E-state index < -0.39 is 0 Å². The Morgan fingerprint density at radius 2 is 1.47 bits per heavy atom.